The zero-order valence-corrected chi connectivity index (χ0v) is 30.8. The summed E-state index contributed by atoms with van der Waals surface area (Å²) in [6, 6.07) is 70.0. The van der Waals surface area contributed by atoms with Gasteiger partial charge in [0.25, 0.3) is 0 Å². The number of nitrogens with zero attached hydrogens (tertiary/aromatic N) is 3. The lowest BCUT2D eigenvalue weighted by Crippen LogP contribution is -2.01. The van der Waals surface area contributed by atoms with Gasteiger partial charge in [0.2, 0.25) is 0 Å². The first-order chi connectivity index (χ1) is 28.2. The minimum absolute atomic E-state index is 0.557. The highest BCUT2D eigenvalue weighted by Crippen LogP contribution is 2.39. The number of furan rings is 1. The summed E-state index contributed by atoms with van der Waals surface area (Å²) < 4.78 is 6.50. The molecular weight excluding hydrogens is 695 g/mol. The molecule has 57 heavy (non-hydrogen) atoms. The maximum atomic E-state index is 6.50. The van der Waals surface area contributed by atoms with Crippen LogP contribution in [0.5, 0.6) is 0 Å². The molecule has 4 heteroatoms. The molecule has 0 fully saturated rings. The molecule has 11 aromatic rings. The van der Waals surface area contributed by atoms with E-state index in [9.17, 15) is 0 Å². The summed E-state index contributed by atoms with van der Waals surface area (Å²) in [5.74, 6) is 1.75. The molecule has 0 atom stereocenters. The highest BCUT2D eigenvalue weighted by molar-refractivity contribution is 6.09. The second-order valence-electron chi connectivity index (χ2n) is 14.4. The fraction of sp³-hybridized carbons (Fsp3) is 0. The molecule has 0 bridgehead atoms. The fourth-order valence-corrected chi connectivity index (χ4v) is 8.09. The summed E-state index contributed by atoms with van der Waals surface area (Å²) in [4.78, 5) is 15.6. The third kappa shape index (κ3) is 5.83. The van der Waals surface area contributed by atoms with Gasteiger partial charge in [0.1, 0.15) is 11.2 Å². The summed E-state index contributed by atoms with van der Waals surface area (Å²) in [5.41, 5.74) is 11.2. The maximum absolute atomic E-state index is 6.50. The first-order valence-corrected chi connectivity index (χ1v) is 19.2. The van der Waals surface area contributed by atoms with Crippen LogP contribution in [0.25, 0.3) is 111 Å². The lowest BCUT2D eigenvalue weighted by atomic mass is 9.93. The van der Waals surface area contributed by atoms with Crippen molar-refractivity contribution in [2.75, 3.05) is 0 Å². The van der Waals surface area contributed by atoms with E-state index in [0.717, 1.165) is 66.1 Å². The molecule has 11 rings (SSSR count). The van der Waals surface area contributed by atoms with Crippen LogP contribution >= 0.6 is 0 Å². The van der Waals surface area contributed by atoms with Crippen LogP contribution < -0.4 is 0 Å². The highest BCUT2D eigenvalue weighted by Gasteiger charge is 2.19. The molecule has 0 aliphatic rings. The first-order valence-electron chi connectivity index (χ1n) is 19.2. The van der Waals surface area contributed by atoms with Crippen molar-refractivity contribution in [1.82, 2.24) is 15.0 Å². The number of fused-ring (bicyclic) bond motifs is 5. The summed E-state index contributed by atoms with van der Waals surface area (Å²) >= 11 is 0. The van der Waals surface area contributed by atoms with Crippen LogP contribution in [0.15, 0.2) is 205 Å². The van der Waals surface area contributed by atoms with E-state index < -0.39 is 0 Å². The van der Waals surface area contributed by atoms with Gasteiger partial charge in [0.15, 0.2) is 17.5 Å². The molecule has 0 aliphatic carbocycles. The van der Waals surface area contributed by atoms with Crippen molar-refractivity contribution in [2.45, 2.75) is 0 Å². The molecule has 0 unspecified atom stereocenters. The molecule has 0 saturated heterocycles. The Morgan fingerprint density at radius 1 is 0.281 bits per heavy atom. The van der Waals surface area contributed by atoms with Gasteiger partial charge in [-0.2, -0.15) is 0 Å². The van der Waals surface area contributed by atoms with Crippen molar-refractivity contribution in [1.29, 1.82) is 0 Å². The lowest BCUT2D eigenvalue weighted by molar-refractivity contribution is 0.669. The number of para-hydroxylation sites is 2. The van der Waals surface area contributed by atoms with E-state index in [0.29, 0.717) is 17.5 Å². The van der Waals surface area contributed by atoms with Crippen LogP contribution in [0.3, 0.4) is 0 Å². The first kappa shape index (κ1) is 32.7. The zero-order chi connectivity index (χ0) is 37.7. The summed E-state index contributed by atoms with van der Waals surface area (Å²) in [6.07, 6.45) is 0. The van der Waals surface area contributed by atoms with Gasteiger partial charge in [-0.25, -0.2) is 15.0 Å². The third-order valence-corrected chi connectivity index (χ3v) is 11.0. The molecule has 4 nitrogen and oxygen atoms in total. The second-order valence-corrected chi connectivity index (χ2v) is 14.4. The van der Waals surface area contributed by atoms with Crippen LogP contribution in [0, 0.1) is 0 Å². The topological polar surface area (TPSA) is 51.8 Å². The average Bonchev–Trinajstić information content (AvgIpc) is 3.68. The predicted octanol–water partition coefficient (Wildman–Crippen LogP) is 14.1. The smallest absolute Gasteiger partial charge is 0.167 e. The normalized spacial score (nSPS) is 11.5. The van der Waals surface area contributed by atoms with Gasteiger partial charge in [0, 0.05) is 21.9 Å². The predicted molar refractivity (Wildman–Crippen MR) is 235 cm³/mol. The van der Waals surface area contributed by atoms with Gasteiger partial charge < -0.3 is 4.42 Å². The number of hydrogen-bond acceptors (Lipinski definition) is 4. The van der Waals surface area contributed by atoms with Gasteiger partial charge in [-0.3, -0.25) is 0 Å². The molecule has 2 aromatic heterocycles. The zero-order valence-electron chi connectivity index (χ0n) is 30.8. The van der Waals surface area contributed by atoms with Crippen molar-refractivity contribution in [3.63, 3.8) is 0 Å². The molecule has 2 heterocycles. The van der Waals surface area contributed by atoms with Crippen molar-refractivity contribution < 1.29 is 4.42 Å². The van der Waals surface area contributed by atoms with E-state index in [2.05, 4.69) is 170 Å². The van der Waals surface area contributed by atoms with E-state index in [4.69, 9.17) is 19.4 Å². The standard InChI is InChI=1S/C53H33N3O/c1-2-12-34(13-3-1)39-16-10-17-40(32-39)36-24-27-37(28-25-36)51-54-52(56-53(55-51)48-22-11-21-46-45-20-8-9-23-49(45)57-50(46)48)47-31-30-42(43-18-6-7-19-44(43)47)41-29-26-35-14-4-5-15-38(35)33-41/h1-33H. The minimum atomic E-state index is 0.557. The van der Waals surface area contributed by atoms with Gasteiger partial charge in [-0.1, -0.05) is 170 Å². The molecular formula is C53H33N3O. The van der Waals surface area contributed by atoms with Gasteiger partial charge in [-0.05, 0) is 85.3 Å². The summed E-state index contributed by atoms with van der Waals surface area (Å²) in [6.45, 7) is 0. The maximum Gasteiger partial charge on any atom is 0.167 e. The van der Waals surface area contributed by atoms with Crippen LogP contribution in [-0.4, -0.2) is 15.0 Å². The Labute approximate surface area is 329 Å². The number of aromatic nitrogens is 3. The Kier molecular flexibility index (Phi) is 7.78. The van der Waals surface area contributed by atoms with E-state index >= 15 is 0 Å². The second kappa shape index (κ2) is 13.6. The van der Waals surface area contributed by atoms with Crippen LogP contribution in [0.1, 0.15) is 0 Å². The van der Waals surface area contributed by atoms with Crippen LogP contribution in [0.2, 0.25) is 0 Å². The van der Waals surface area contributed by atoms with E-state index in [1.54, 1.807) is 0 Å². The number of hydrogen-bond donors (Lipinski definition) is 0. The van der Waals surface area contributed by atoms with Crippen molar-refractivity contribution >= 4 is 43.5 Å². The summed E-state index contributed by atoms with van der Waals surface area (Å²) in [5, 5.41) is 6.73. The van der Waals surface area contributed by atoms with Gasteiger partial charge in [-0.15, -0.1) is 0 Å². The number of rotatable bonds is 6. The molecule has 0 aliphatic heterocycles. The molecule has 0 amide bonds. The molecule has 0 radical (unpaired) electrons. The van der Waals surface area contributed by atoms with Gasteiger partial charge in [0.05, 0.1) is 5.56 Å². The molecule has 0 spiro atoms. The monoisotopic (exact) mass is 727 g/mol. The third-order valence-electron chi connectivity index (χ3n) is 11.0. The van der Waals surface area contributed by atoms with E-state index in [-0.39, 0.29) is 0 Å². The Morgan fingerprint density at radius 2 is 0.825 bits per heavy atom. The molecule has 0 saturated carbocycles. The van der Waals surface area contributed by atoms with Crippen molar-refractivity contribution in [3.8, 4) is 67.5 Å². The van der Waals surface area contributed by atoms with Crippen LogP contribution in [-0.2, 0) is 0 Å². The largest absolute Gasteiger partial charge is 0.455 e. The van der Waals surface area contributed by atoms with Gasteiger partial charge >= 0.3 is 0 Å². The Balaban J connectivity index is 1.07. The number of benzene rings is 9. The lowest BCUT2D eigenvalue weighted by Gasteiger charge is -2.14. The van der Waals surface area contributed by atoms with Crippen molar-refractivity contribution in [2.24, 2.45) is 0 Å². The Bertz CT molecular complexity index is 3290. The Hall–Kier alpha value is -7.69. The van der Waals surface area contributed by atoms with Crippen molar-refractivity contribution in [3.05, 3.63) is 200 Å². The molecule has 9 aromatic carbocycles. The summed E-state index contributed by atoms with van der Waals surface area (Å²) in [7, 11) is 0. The molecule has 0 N–H and O–H groups in total. The van der Waals surface area contributed by atoms with E-state index in [1.807, 2.05) is 30.3 Å². The quantitative estimate of drug-likeness (QED) is 0.171. The molecule has 266 valence electrons. The highest BCUT2D eigenvalue weighted by atomic mass is 16.3. The average molecular weight is 728 g/mol. The minimum Gasteiger partial charge on any atom is -0.455 e. The SMILES string of the molecule is c1ccc(-c2cccc(-c3ccc(-c4nc(-c5ccc(-c6ccc7ccccc7c6)c6ccccc56)nc(-c5cccc6c5oc5ccccc56)n4)cc3)c2)cc1. The van der Waals surface area contributed by atoms with Crippen LogP contribution in [0.4, 0.5) is 0 Å². The Morgan fingerprint density at radius 3 is 1.63 bits per heavy atom. The van der Waals surface area contributed by atoms with E-state index in [1.165, 1.54) is 27.5 Å². The fourth-order valence-electron chi connectivity index (χ4n) is 8.09.